The van der Waals surface area contributed by atoms with E-state index in [0.29, 0.717) is 12.2 Å². The van der Waals surface area contributed by atoms with Crippen LogP contribution in [0, 0.1) is 0 Å². The predicted molar refractivity (Wildman–Crippen MR) is 107 cm³/mol. The van der Waals surface area contributed by atoms with Gasteiger partial charge < -0.3 is 15.4 Å². The van der Waals surface area contributed by atoms with E-state index in [9.17, 15) is 14.4 Å². The summed E-state index contributed by atoms with van der Waals surface area (Å²) in [4.78, 5) is 36.0. The number of carbonyl (C=O) groups is 3. The summed E-state index contributed by atoms with van der Waals surface area (Å²) < 4.78 is 5.15. The molecule has 2 N–H and O–H groups in total. The average Bonchev–Trinajstić information content (AvgIpc) is 2.70. The van der Waals surface area contributed by atoms with Crippen molar-refractivity contribution in [2.75, 3.05) is 11.9 Å². The van der Waals surface area contributed by atoms with Crippen LogP contribution in [0.3, 0.4) is 0 Å². The molecule has 0 saturated carbocycles. The van der Waals surface area contributed by atoms with Crippen LogP contribution in [0.2, 0.25) is 0 Å². The van der Waals surface area contributed by atoms with Crippen LogP contribution < -0.4 is 10.6 Å². The quantitative estimate of drug-likeness (QED) is 0.647. The van der Waals surface area contributed by atoms with E-state index in [1.165, 1.54) is 6.92 Å². The van der Waals surface area contributed by atoms with E-state index in [1.807, 2.05) is 54.6 Å². The van der Waals surface area contributed by atoms with Crippen LogP contribution in [0.1, 0.15) is 22.8 Å². The number of amides is 2. The van der Waals surface area contributed by atoms with Gasteiger partial charge in [0.25, 0.3) is 5.91 Å². The number of hydrogen-bond donors (Lipinski definition) is 2. The third-order valence-electron chi connectivity index (χ3n) is 4.08. The Morgan fingerprint density at radius 3 is 2.21 bits per heavy atom. The molecule has 0 heterocycles. The van der Waals surface area contributed by atoms with Gasteiger partial charge in [-0.05, 0) is 28.5 Å². The summed E-state index contributed by atoms with van der Waals surface area (Å²) in [7, 11) is 0. The van der Waals surface area contributed by atoms with Crippen molar-refractivity contribution in [3.63, 3.8) is 0 Å². The monoisotopic (exact) mass is 376 g/mol. The second-order valence-corrected chi connectivity index (χ2v) is 6.26. The van der Waals surface area contributed by atoms with Crippen LogP contribution in [-0.4, -0.2) is 24.4 Å². The normalized spacial score (nSPS) is 10.3. The number of esters is 1. The highest BCUT2D eigenvalue weighted by atomic mass is 16.5. The lowest BCUT2D eigenvalue weighted by Crippen LogP contribution is -2.28. The van der Waals surface area contributed by atoms with Crippen LogP contribution in [0.15, 0.2) is 66.7 Å². The molecular weight excluding hydrogens is 356 g/mol. The van der Waals surface area contributed by atoms with E-state index in [0.717, 1.165) is 16.3 Å². The Balaban J connectivity index is 1.68. The Bertz CT molecular complexity index is 1020. The SMILES string of the molecule is CC(=O)Nc1cc2ccccc2cc1C(=O)OCC(=O)NCc1ccccc1. The van der Waals surface area contributed by atoms with Crippen molar-refractivity contribution in [3.8, 4) is 0 Å². The summed E-state index contributed by atoms with van der Waals surface area (Å²) in [5.41, 5.74) is 1.50. The maximum absolute atomic E-state index is 12.5. The van der Waals surface area contributed by atoms with Gasteiger partial charge in [0.15, 0.2) is 6.61 Å². The molecule has 0 bridgehead atoms. The zero-order valence-electron chi connectivity index (χ0n) is 15.4. The lowest BCUT2D eigenvalue weighted by atomic mass is 10.0. The third-order valence-corrected chi connectivity index (χ3v) is 4.08. The molecule has 0 saturated heterocycles. The Hall–Kier alpha value is -3.67. The standard InChI is InChI=1S/C22H20N2O4/c1-15(25)24-20-12-18-10-6-5-9-17(18)11-19(20)22(27)28-14-21(26)23-13-16-7-3-2-4-8-16/h2-12H,13-14H2,1H3,(H,23,26)(H,24,25). The second kappa shape index (κ2) is 8.81. The van der Waals surface area contributed by atoms with E-state index in [1.54, 1.807) is 12.1 Å². The van der Waals surface area contributed by atoms with Gasteiger partial charge in [0.2, 0.25) is 5.91 Å². The van der Waals surface area contributed by atoms with Gasteiger partial charge in [0, 0.05) is 13.5 Å². The van der Waals surface area contributed by atoms with Crippen molar-refractivity contribution >= 4 is 34.2 Å². The molecule has 0 aromatic heterocycles. The smallest absolute Gasteiger partial charge is 0.340 e. The van der Waals surface area contributed by atoms with Crippen LogP contribution in [-0.2, 0) is 20.9 Å². The molecule has 0 aliphatic rings. The number of fused-ring (bicyclic) bond motifs is 1. The number of hydrogen-bond acceptors (Lipinski definition) is 4. The van der Waals surface area contributed by atoms with Gasteiger partial charge >= 0.3 is 5.97 Å². The first-order valence-electron chi connectivity index (χ1n) is 8.81. The van der Waals surface area contributed by atoms with E-state index >= 15 is 0 Å². The Kier molecular flexibility index (Phi) is 6.01. The summed E-state index contributed by atoms with van der Waals surface area (Å²) >= 11 is 0. The maximum atomic E-state index is 12.5. The van der Waals surface area contributed by atoms with Gasteiger partial charge in [-0.2, -0.15) is 0 Å². The number of benzene rings is 3. The van der Waals surface area contributed by atoms with Gasteiger partial charge in [-0.25, -0.2) is 4.79 Å². The topological polar surface area (TPSA) is 84.5 Å². The largest absolute Gasteiger partial charge is 0.452 e. The Morgan fingerprint density at radius 2 is 1.54 bits per heavy atom. The fourth-order valence-corrected chi connectivity index (χ4v) is 2.76. The predicted octanol–water partition coefficient (Wildman–Crippen LogP) is 3.27. The zero-order valence-corrected chi connectivity index (χ0v) is 15.4. The molecule has 3 aromatic rings. The van der Waals surface area contributed by atoms with Crippen molar-refractivity contribution in [1.82, 2.24) is 5.32 Å². The molecule has 0 fully saturated rings. The lowest BCUT2D eigenvalue weighted by molar-refractivity contribution is -0.124. The molecule has 0 atom stereocenters. The molecule has 3 aromatic carbocycles. The molecule has 28 heavy (non-hydrogen) atoms. The van der Waals surface area contributed by atoms with Crippen molar-refractivity contribution in [2.24, 2.45) is 0 Å². The van der Waals surface area contributed by atoms with E-state index in [-0.39, 0.29) is 11.5 Å². The van der Waals surface area contributed by atoms with Crippen LogP contribution in [0.5, 0.6) is 0 Å². The average molecular weight is 376 g/mol. The minimum Gasteiger partial charge on any atom is -0.452 e. The number of rotatable bonds is 6. The lowest BCUT2D eigenvalue weighted by Gasteiger charge is -2.12. The molecule has 0 radical (unpaired) electrons. The summed E-state index contributed by atoms with van der Waals surface area (Å²) in [6, 6.07) is 20.2. The van der Waals surface area contributed by atoms with Crippen molar-refractivity contribution in [2.45, 2.75) is 13.5 Å². The van der Waals surface area contributed by atoms with Crippen LogP contribution >= 0.6 is 0 Å². The third kappa shape index (κ3) is 4.94. The molecule has 0 unspecified atom stereocenters. The summed E-state index contributed by atoms with van der Waals surface area (Å²) in [5, 5.41) is 7.05. The highest BCUT2D eigenvalue weighted by Gasteiger charge is 2.16. The first kappa shape index (κ1) is 19.1. The van der Waals surface area contributed by atoms with Crippen molar-refractivity contribution < 1.29 is 19.1 Å². The highest BCUT2D eigenvalue weighted by Crippen LogP contribution is 2.25. The van der Waals surface area contributed by atoms with E-state index in [4.69, 9.17) is 4.74 Å². The number of carbonyl (C=O) groups excluding carboxylic acids is 3. The molecule has 2 amide bonds. The first-order valence-corrected chi connectivity index (χ1v) is 8.81. The van der Waals surface area contributed by atoms with E-state index < -0.39 is 18.5 Å². The van der Waals surface area contributed by atoms with Gasteiger partial charge in [0.1, 0.15) is 0 Å². The van der Waals surface area contributed by atoms with Gasteiger partial charge in [-0.15, -0.1) is 0 Å². The van der Waals surface area contributed by atoms with Crippen molar-refractivity contribution in [1.29, 1.82) is 0 Å². The number of ether oxygens (including phenoxy) is 1. The second-order valence-electron chi connectivity index (χ2n) is 6.26. The minimum atomic E-state index is -0.677. The van der Waals surface area contributed by atoms with Gasteiger partial charge in [-0.1, -0.05) is 54.6 Å². The summed E-state index contributed by atoms with van der Waals surface area (Å²) in [6.07, 6.45) is 0. The molecule has 6 heteroatoms. The fourth-order valence-electron chi connectivity index (χ4n) is 2.76. The summed E-state index contributed by atoms with van der Waals surface area (Å²) in [6.45, 7) is 1.31. The van der Waals surface area contributed by atoms with E-state index in [2.05, 4.69) is 10.6 Å². The highest BCUT2D eigenvalue weighted by molar-refractivity contribution is 6.05. The molecule has 0 aliphatic carbocycles. The number of anilines is 1. The number of nitrogens with one attached hydrogen (secondary N) is 2. The molecule has 6 nitrogen and oxygen atoms in total. The Morgan fingerprint density at radius 1 is 0.893 bits per heavy atom. The molecule has 3 rings (SSSR count). The fraction of sp³-hybridized carbons (Fsp3) is 0.136. The minimum absolute atomic E-state index is 0.199. The molecule has 0 spiro atoms. The Labute approximate surface area is 162 Å². The molecule has 142 valence electrons. The van der Waals surface area contributed by atoms with Crippen LogP contribution in [0.4, 0.5) is 5.69 Å². The van der Waals surface area contributed by atoms with Gasteiger partial charge in [0.05, 0.1) is 11.3 Å². The van der Waals surface area contributed by atoms with Crippen LogP contribution in [0.25, 0.3) is 10.8 Å². The zero-order chi connectivity index (χ0) is 19.9. The van der Waals surface area contributed by atoms with Gasteiger partial charge in [-0.3, -0.25) is 9.59 Å². The molecular formula is C22H20N2O4. The van der Waals surface area contributed by atoms with Crippen molar-refractivity contribution in [3.05, 3.63) is 77.9 Å². The maximum Gasteiger partial charge on any atom is 0.340 e. The first-order chi connectivity index (χ1) is 13.5. The molecule has 0 aliphatic heterocycles. The summed E-state index contributed by atoms with van der Waals surface area (Å²) in [5.74, 6) is -1.38.